The fraction of sp³-hybridized carbons (Fsp3) is 0.375. The summed E-state index contributed by atoms with van der Waals surface area (Å²) in [6.45, 7) is 1.01. The van der Waals surface area contributed by atoms with Crippen molar-refractivity contribution in [3.05, 3.63) is 14.7 Å². The van der Waals surface area contributed by atoms with Crippen LogP contribution in [0.2, 0.25) is 0 Å². The van der Waals surface area contributed by atoms with E-state index in [-0.39, 0.29) is 9.77 Å². The molecule has 88 valence electrons. The highest BCUT2D eigenvalue weighted by Gasteiger charge is 2.32. The number of carbonyl (C=O) groups is 1. The van der Waals surface area contributed by atoms with Crippen LogP contribution in [0.1, 0.15) is 16.1 Å². The predicted octanol–water partition coefficient (Wildman–Crippen LogP) is 1.60. The molecule has 2 heterocycles. The Morgan fingerprint density at radius 1 is 1.50 bits per heavy atom. The lowest BCUT2D eigenvalue weighted by molar-refractivity contribution is 0.0702. The van der Waals surface area contributed by atoms with Crippen LogP contribution in [0.4, 0.5) is 0 Å². The smallest absolute Gasteiger partial charge is 0.345 e. The molecule has 0 bridgehead atoms. The molecular formula is C8H8BrNO4S2. The van der Waals surface area contributed by atoms with Gasteiger partial charge in [0.05, 0.1) is 3.79 Å². The van der Waals surface area contributed by atoms with Crippen LogP contribution in [0.3, 0.4) is 0 Å². The highest BCUT2D eigenvalue weighted by Crippen LogP contribution is 2.34. The van der Waals surface area contributed by atoms with Gasteiger partial charge in [-0.05, 0) is 28.4 Å². The van der Waals surface area contributed by atoms with Crippen molar-refractivity contribution in [1.29, 1.82) is 0 Å². The van der Waals surface area contributed by atoms with Crippen molar-refractivity contribution >= 4 is 43.3 Å². The van der Waals surface area contributed by atoms with Crippen molar-refractivity contribution in [3.8, 4) is 0 Å². The fourth-order valence-electron chi connectivity index (χ4n) is 1.30. The molecule has 0 spiro atoms. The number of thiophene rings is 1. The minimum Gasteiger partial charge on any atom is -0.477 e. The average molecular weight is 326 g/mol. The number of carboxylic acids is 1. The fourth-order valence-corrected chi connectivity index (χ4v) is 5.17. The molecule has 5 nitrogen and oxygen atoms in total. The largest absolute Gasteiger partial charge is 0.477 e. The first kappa shape index (κ1) is 12.0. The van der Waals surface area contributed by atoms with E-state index >= 15 is 0 Å². The van der Waals surface area contributed by atoms with E-state index < -0.39 is 16.0 Å². The molecule has 0 aromatic carbocycles. The lowest BCUT2D eigenvalue weighted by atomic mass is 10.3. The minimum atomic E-state index is -3.51. The molecule has 0 unspecified atom stereocenters. The van der Waals surface area contributed by atoms with E-state index in [1.54, 1.807) is 0 Å². The highest BCUT2D eigenvalue weighted by molar-refractivity contribution is 9.11. The molecule has 1 aromatic rings. The molecule has 0 saturated carbocycles. The van der Waals surface area contributed by atoms with Crippen LogP contribution in [0, 0.1) is 0 Å². The number of hydrogen-bond acceptors (Lipinski definition) is 4. The first-order chi connectivity index (χ1) is 7.43. The first-order valence-corrected chi connectivity index (χ1v) is 7.50. The van der Waals surface area contributed by atoms with E-state index in [1.165, 1.54) is 10.4 Å². The van der Waals surface area contributed by atoms with Gasteiger partial charge in [0.2, 0.25) is 10.0 Å². The Kier molecular flexibility index (Phi) is 3.08. The lowest BCUT2D eigenvalue weighted by Gasteiger charge is -2.29. The molecule has 0 radical (unpaired) electrons. The van der Waals surface area contributed by atoms with Crippen molar-refractivity contribution in [2.75, 3.05) is 13.1 Å². The second-order valence-electron chi connectivity index (χ2n) is 3.31. The number of sulfonamides is 1. The monoisotopic (exact) mass is 325 g/mol. The standard InChI is InChI=1S/C8H8BrNO4S2/c9-7-6(4-5(15-7)8(11)12)16(13,14)10-2-1-3-10/h4H,1-3H2,(H,11,12). The van der Waals surface area contributed by atoms with Crippen LogP contribution < -0.4 is 0 Å². The molecule has 1 aliphatic heterocycles. The molecule has 0 atom stereocenters. The van der Waals surface area contributed by atoms with Crippen LogP contribution in [-0.2, 0) is 10.0 Å². The normalized spacial score (nSPS) is 17.1. The Balaban J connectivity index is 2.43. The molecule has 0 aliphatic carbocycles. The molecule has 2 rings (SSSR count). The molecule has 1 N–H and O–H groups in total. The van der Waals surface area contributed by atoms with Gasteiger partial charge in [-0.2, -0.15) is 4.31 Å². The van der Waals surface area contributed by atoms with Crippen molar-refractivity contribution in [2.45, 2.75) is 11.3 Å². The summed E-state index contributed by atoms with van der Waals surface area (Å²) < 4.78 is 25.6. The minimum absolute atomic E-state index is 0.0194. The van der Waals surface area contributed by atoms with Gasteiger partial charge in [-0.1, -0.05) is 0 Å². The van der Waals surface area contributed by atoms with Crippen LogP contribution in [0.5, 0.6) is 0 Å². The highest BCUT2D eigenvalue weighted by atomic mass is 79.9. The maximum absolute atomic E-state index is 12.0. The van der Waals surface area contributed by atoms with Gasteiger partial charge in [0.25, 0.3) is 0 Å². The van der Waals surface area contributed by atoms with E-state index in [4.69, 9.17) is 5.11 Å². The molecule has 1 aromatic heterocycles. The summed E-state index contributed by atoms with van der Waals surface area (Å²) in [5, 5.41) is 8.78. The Hall–Kier alpha value is -0.440. The predicted molar refractivity (Wildman–Crippen MR) is 62.4 cm³/mol. The zero-order valence-electron chi connectivity index (χ0n) is 8.01. The maximum Gasteiger partial charge on any atom is 0.345 e. The van der Waals surface area contributed by atoms with Gasteiger partial charge in [0, 0.05) is 13.1 Å². The van der Waals surface area contributed by atoms with Crippen molar-refractivity contribution in [2.24, 2.45) is 0 Å². The summed E-state index contributed by atoms with van der Waals surface area (Å²) in [6.07, 6.45) is 0.854. The average Bonchev–Trinajstić information content (AvgIpc) is 2.43. The second-order valence-corrected chi connectivity index (χ2v) is 7.59. The summed E-state index contributed by atoms with van der Waals surface area (Å²) in [5.41, 5.74) is 0. The summed E-state index contributed by atoms with van der Waals surface area (Å²) in [7, 11) is -3.51. The first-order valence-electron chi connectivity index (χ1n) is 4.45. The summed E-state index contributed by atoms with van der Waals surface area (Å²) in [4.78, 5) is 10.8. The van der Waals surface area contributed by atoms with Crippen LogP contribution in [-0.4, -0.2) is 36.9 Å². The third-order valence-electron chi connectivity index (χ3n) is 2.30. The Bertz CT molecular complexity index is 532. The number of nitrogens with zero attached hydrogens (tertiary/aromatic N) is 1. The number of rotatable bonds is 3. The van der Waals surface area contributed by atoms with Crippen molar-refractivity contribution < 1.29 is 18.3 Å². The summed E-state index contributed by atoms with van der Waals surface area (Å²) in [5.74, 6) is -1.12. The summed E-state index contributed by atoms with van der Waals surface area (Å²) >= 11 is 4.00. The molecule has 1 fully saturated rings. The summed E-state index contributed by atoms with van der Waals surface area (Å²) in [6, 6.07) is 1.20. The topological polar surface area (TPSA) is 74.7 Å². The molecule has 16 heavy (non-hydrogen) atoms. The molecule has 1 aliphatic rings. The van der Waals surface area contributed by atoms with Crippen LogP contribution in [0.25, 0.3) is 0 Å². The number of carboxylic acid groups (broad SMARTS) is 1. The second kappa shape index (κ2) is 4.10. The molecule has 0 amide bonds. The third kappa shape index (κ3) is 1.90. The molecular weight excluding hydrogens is 318 g/mol. The Morgan fingerprint density at radius 2 is 2.12 bits per heavy atom. The van der Waals surface area contributed by atoms with Gasteiger partial charge in [-0.3, -0.25) is 0 Å². The number of hydrogen-bond donors (Lipinski definition) is 1. The zero-order chi connectivity index (χ0) is 11.9. The van der Waals surface area contributed by atoms with E-state index in [9.17, 15) is 13.2 Å². The van der Waals surface area contributed by atoms with Gasteiger partial charge >= 0.3 is 5.97 Å². The van der Waals surface area contributed by atoms with E-state index in [0.717, 1.165) is 17.8 Å². The SMILES string of the molecule is O=C(O)c1cc(S(=O)(=O)N2CCC2)c(Br)s1. The van der Waals surface area contributed by atoms with E-state index in [0.29, 0.717) is 16.9 Å². The maximum atomic E-state index is 12.0. The van der Waals surface area contributed by atoms with Gasteiger partial charge in [-0.15, -0.1) is 11.3 Å². The van der Waals surface area contributed by atoms with Gasteiger partial charge in [-0.25, -0.2) is 13.2 Å². The van der Waals surface area contributed by atoms with Gasteiger partial charge in [0.15, 0.2) is 0 Å². The quantitative estimate of drug-likeness (QED) is 0.916. The number of halogens is 1. The van der Waals surface area contributed by atoms with Crippen LogP contribution >= 0.6 is 27.3 Å². The van der Waals surface area contributed by atoms with E-state index in [2.05, 4.69) is 15.9 Å². The van der Waals surface area contributed by atoms with Crippen molar-refractivity contribution in [3.63, 3.8) is 0 Å². The number of aromatic carboxylic acids is 1. The van der Waals surface area contributed by atoms with Crippen molar-refractivity contribution in [1.82, 2.24) is 4.31 Å². The lowest BCUT2D eigenvalue weighted by Crippen LogP contribution is -2.41. The third-order valence-corrected chi connectivity index (χ3v) is 6.44. The zero-order valence-corrected chi connectivity index (χ0v) is 11.2. The van der Waals surface area contributed by atoms with Gasteiger partial charge in [0.1, 0.15) is 9.77 Å². The van der Waals surface area contributed by atoms with E-state index in [1.807, 2.05) is 0 Å². The Labute approximate surface area is 105 Å². The van der Waals surface area contributed by atoms with Crippen LogP contribution in [0.15, 0.2) is 14.7 Å². The Morgan fingerprint density at radius 3 is 2.50 bits per heavy atom. The van der Waals surface area contributed by atoms with Gasteiger partial charge < -0.3 is 5.11 Å². The molecule has 8 heteroatoms. The molecule has 1 saturated heterocycles.